The summed E-state index contributed by atoms with van der Waals surface area (Å²) in [6, 6.07) is 2.27. The summed E-state index contributed by atoms with van der Waals surface area (Å²) in [5.74, 6) is 0.106. The Morgan fingerprint density at radius 1 is 1.09 bits per heavy atom. The normalized spacial score (nSPS) is 19.0. The molecule has 1 aromatic carbocycles. The van der Waals surface area contributed by atoms with Crippen LogP contribution in [0, 0.1) is 17.7 Å². The first-order chi connectivity index (χ1) is 15.2. The highest BCUT2D eigenvalue weighted by atomic mass is 19.4. The standard InChI is InChI=1S/C20H26F4N6O2/c21-16-7-15(20(22,23)24)6-5-14(16)10-27-19-28-11-17(30(31)32)18(29-19)26-9-13-3-1-12(8-25)2-4-13/h5-7,11-13,31-32H,1-4,8-10,25H2,(H2,26,27,28,29). The van der Waals surface area contributed by atoms with Crippen LogP contribution in [0.2, 0.25) is 0 Å². The lowest BCUT2D eigenvalue weighted by Gasteiger charge is -2.28. The predicted octanol–water partition coefficient (Wildman–Crippen LogP) is 4.01. The molecule has 0 atom stereocenters. The fourth-order valence-electron chi connectivity index (χ4n) is 3.69. The van der Waals surface area contributed by atoms with Gasteiger partial charge in [-0.05, 0) is 56.2 Å². The Morgan fingerprint density at radius 3 is 2.38 bits per heavy atom. The number of benzene rings is 1. The third-order valence-corrected chi connectivity index (χ3v) is 5.66. The predicted molar refractivity (Wildman–Crippen MR) is 110 cm³/mol. The zero-order valence-electron chi connectivity index (χ0n) is 17.2. The van der Waals surface area contributed by atoms with Crippen LogP contribution in [-0.4, -0.2) is 33.5 Å². The number of rotatable bonds is 8. The Morgan fingerprint density at radius 2 is 1.78 bits per heavy atom. The van der Waals surface area contributed by atoms with Gasteiger partial charge in [0.15, 0.2) is 11.5 Å². The highest BCUT2D eigenvalue weighted by molar-refractivity contribution is 5.63. The number of nitrogens with two attached hydrogens (primary N) is 1. The van der Waals surface area contributed by atoms with Crippen molar-refractivity contribution in [3.05, 3.63) is 41.3 Å². The number of halogens is 4. The average Bonchev–Trinajstić information content (AvgIpc) is 2.76. The Balaban J connectivity index is 1.65. The molecule has 1 aliphatic rings. The van der Waals surface area contributed by atoms with Crippen LogP contribution < -0.4 is 21.6 Å². The Bertz CT molecular complexity index is 904. The van der Waals surface area contributed by atoms with Crippen LogP contribution in [0.1, 0.15) is 36.8 Å². The number of nitrogens with zero attached hydrogens (tertiary/aromatic N) is 3. The first-order valence-electron chi connectivity index (χ1n) is 10.3. The van der Waals surface area contributed by atoms with Crippen LogP contribution in [-0.2, 0) is 12.7 Å². The van der Waals surface area contributed by atoms with Crippen molar-refractivity contribution in [1.82, 2.24) is 9.97 Å². The van der Waals surface area contributed by atoms with Crippen molar-refractivity contribution < 1.29 is 28.0 Å². The van der Waals surface area contributed by atoms with Crippen molar-refractivity contribution in [1.29, 1.82) is 0 Å². The molecule has 0 radical (unpaired) electrons. The summed E-state index contributed by atoms with van der Waals surface area (Å²) in [6.45, 7) is 1.07. The van der Waals surface area contributed by atoms with Gasteiger partial charge in [0.1, 0.15) is 5.82 Å². The first kappa shape index (κ1) is 24.0. The molecule has 3 rings (SSSR count). The van der Waals surface area contributed by atoms with Crippen molar-refractivity contribution in [2.45, 2.75) is 38.4 Å². The molecule has 0 spiro atoms. The highest BCUT2D eigenvalue weighted by Crippen LogP contribution is 2.31. The minimum Gasteiger partial charge on any atom is -0.368 e. The summed E-state index contributed by atoms with van der Waals surface area (Å²) in [4.78, 5) is 8.13. The third kappa shape index (κ3) is 6.17. The molecular formula is C20H26F4N6O2. The van der Waals surface area contributed by atoms with E-state index in [9.17, 15) is 28.0 Å². The van der Waals surface area contributed by atoms with E-state index in [2.05, 4.69) is 20.6 Å². The van der Waals surface area contributed by atoms with Crippen LogP contribution >= 0.6 is 0 Å². The van der Waals surface area contributed by atoms with Crippen LogP contribution in [0.15, 0.2) is 24.4 Å². The van der Waals surface area contributed by atoms with Crippen LogP contribution in [0.4, 0.5) is 35.0 Å². The average molecular weight is 458 g/mol. The molecule has 176 valence electrons. The summed E-state index contributed by atoms with van der Waals surface area (Å²) in [6.07, 6.45) is 0.599. The fraction of sp³-hybridized carbons (Fsp3) is 0.500. The van der Waals surface area contributed by atoms with Crippen molar-refractivity contribution in [2.75, 3.05) is 28.9 Å². The second-order valence-electron chi connectivity index (χ2n) is 7.88. The zero-order chi connectivity index (χ0) is 23.3. The van der Waals surface area contributed by atoms with E-state index in [0.717, 1.165) is 44.0 Å². The number of hydrogen-bond donors (Lipinski definition) is 5. The van der Waals surface area contributed by atoms with Gasteiger partial charge in [-0.3, -0.25) is 10.4 Å². The van der Waals surface area contributed by atoms with E-state index in [1.807, 2.05) is 0 Å². The molecule has 0 saturated heterocycles. The van der Waals surface area contributed by atoms with Gasteiger partial charge in [0.2, 0.25) is 5.95 Å². The Hall–Kier alpha value is -2.70. The van der Waals surface area contributed by atoms with E-state index < -0.39 is 17.6 Å². The molecule has 8 nitrogen and oxygen atoms in total. The van der Waals surface area contributed by atoms with E-state index in [4.69, 9.17) is 5.73 Å². The zero-order valence-corrected chi connectivity index (χ0v) is 17.2. The number of aromatic nitrogens is 2. The summed E-state index contributed by atoms with van der Waals surface area (Å²) in [7, 11) is 0. The second-order valence-corrected chi connectivity index (χ2v) is 7.88. The maximum absolute atomic E-state index is 14.0. The lowest BCUT2D eigenvalue weighted by atomic mass is 9.82. The van der Waals surface area contributed by atoms with Gasteiger partial charge < -0.3 is 16.4 Å². The molecule has 12 heteroatoms. The number of alkyl halides is 3. The van der Waals surface area contributed by atoms with Crippen molar-refractivity contribution in [2.24, 2.45) is 17.6 Å². The molecule has 2 aromatic rings. The molecule has 0 bridgehead atoms. The molecule has 1 aliphatic carbocycles. The molecule has 0 unspecified atom stereocenters. The van der Waals surface area contributed by atoms with Gasteiger partial charge in [0.25, 0.3) is 0 Å². The van der Waals surface area contributed by atoms with Gasteiger partial charge in [-0.1, -0.05) is 6.07 Å². The molecule has 1 heterocycles. The highest BCUT2D eigenvalue weighted by Gasteiger charge is 2.31. The molecule has 1 aromatic heterocycles. The Labute approximate surface area is 182 Å². The maximum Gasteiger partial charge on any atom is 0.416 e. The smallest absolute Gasteiger partial charge is 0.368 e. The van der Waals surface area contributed by atoms with Crippen molar-refractivity contribution in [3.63, 3.8) is 0 Å². The molecule has 1 fully saturated rings. The van der Waals surface area contributed by atoms with E-state index in [0.29, 0.717) is 31.0 Å². The summed E-state index contributed by atoms with van der Waals surface area (Å²) < 4.78 is 52.1. The van der Waals surface area contributed by atoms with Gasteiger partial charge >= 0.3 is 6.18 Å². The van der Waals surface area contributed by atoms with Crippen molar-refractivity contribution in [3.8, 4) is 0 Å². The molecule has 0 aliphatic heterocycles. The number of nitrogens with one attached hydrogen (secondary N) is 2. The summed E-state index contributed by atoms with van der Waals surface area (Å²) in [5.41, 5.74) is 4.57. The number of anilines is 3. The van der Waals surface area contributed by atoms with Crippen LogP contribution in [0.3, 0.4) is 0 Å². The molecule has 32 heavy (non-hydrogen) atoms. The molecule has 0 amide bonds. The first-order valence-corrected chi connectivity index (χ1v) is 10.3. The molecule has 6 N–H and O–H groups in total. The van der Waals surface area contributed by atoms with E-state index in [-0.39, 0.29) is 34.8 Å². The minimum absolute atomic E-state index is 0.00259. The van der Waals surface area contributed by atoms with E-state index in [1.165, 1.54) is 0 Å². The minimum atomic E-state index is -4.63. The Kier molecular flexibility index (Phi) is 7.69. The van der Waals surface area contributed by atoms with Gasteiger partial charge in [-0.2, -0.15) is 18.2 Å². The van der Waals surface area contributed by atoms with Gasteiger partial charge in [-0.15, -0.1) is 5.23 Å². The van der Waals surface area contributed by atoms with Gasteiger partial charge in [0.05, 0.1) is 11.8 Å². The van der Waals surface area contributed by atoms with E-state index in [1.54, 1.807) is 0 Å². The lowest BCUT2D eigenvalue weighted by Crippen LogP contribution is -2.26. The molecular weight excluding hydrogens is 432 g/mol. The van der Waals surface area contributed by atoms with Gasteiger partial charge in [0, 0.05) is 18.7 Å². The monoisotopic (exact) mass is 458 g/mol. The topological polar surface area (TPSA) is 120 Å². The van der Waals surface area contributed by atoms with Gasteiger partial charge in [-0.25, -0.2) is 9.37 Å². The second kappa shape index (κ2) is 10.3. The summed E-state index contributed by atoms with van der Waals surface area (Å²) in [5, 5.41) is 24.6. The maximum atomic E-state index is 14.0. The quantitative estimate of drug-likeness (QED) is 0.297. The summed E-state index contributed by atoms with van der Waals surface area (Å²) >= 11 is 0. The van der Waals surface area contributed by atoms with Crippen LogP contribution in [0.25, 0.3) is 0 Å². The number of hydrogen-bond acceptors (Lipinski definition) is 8. The van der Waals surface area contributed by atoms with Crippen molar-refractivity contribution >= 4 is 17.5 Å². The molecule has 1 saturated carbocycles. The largest absolute Gasteiger partial charge is 0.416 e. The van der Waals surface area contributed by atoms with Crippen LogP contribution in [0.5, 0.6) is 0 Å². The third-order valence-electron chi connectivity index (χ3n) is 5.66. The SMILES string of the molecule is NCC1CCC(CNc2nc(NCc3ccc(C(F)(F)F)cc3F)ncc2N(O)O)CC1. The lowest BCUT2D eigenvalue weighted by molar-refractivity contribution is -0.137. The fourth-order valence-corrected chi connectivity index (χ4v) is 3.69. The van der Waals surface area contributed by atoms with E-state index >= 15 is 0 Å².